The second-order valence-corrected chi connectivity index (χ2v) is 7.23. The minimum atomic E-state index is 0.251. The number of aryl methyl sites for hydroxylation is 2. The third-order valence-corrected chi connectivity index (χ3v) is 5.02. The quantitative estimate of drug-likeness (QED) is 0.428. The second kappa shape index (κ2) is 6.47. The molecule has 2 heterocycles. The summed E-state index contributed by atoms with van der Waals surface area (Å²) in [7, 11) is 0. The van der Waals surface area contributed by atoms with Gasteiger partial charge in [0.05, 0.1) is 5.39 Å². The van der Waals surface area contributed by atoms with Gasteiger partial charge in [-0.1, -0.05) is 36.4 Å². The summed E-state index contributed by atoms with van der Waals surface area (Å²) in [6.07, 6.45) is 0. The van der Waals surface area contributed by atoms with Gasteiger partial charge in [-0.25, -0.2) is 4.98 Å². The molecule has 0 aliphatic carbocycles. The van der Waals surface area contributed by atoms with E-state index in [2.05, 4.69) is 64.8 Å². The summed E-state index contributed by atoms with van der Waals surface area (Å²) >= 11 is 7.73. The van der Waals surface area contributed by atoms with Gasteiger partial charge >= 0.3 is 0 Å². The summed E-state index contributed by atoms with van der Waals surface area (Å²) in [5.74, 6) is 0.736. The number of hydrogen-bond acceptors (Lipinski definition) is 4. The number of nitrogens with zero attached hydrogens (tertiary/aromatic N) is 2. The van der Waals surface area contributed by atoms with Crippen LogP contribution in [0.25, 0.3) is 21.3 Å². The summed E-state index contributed by atoms with van der Waals surface area (Å²) in [6.45, 7) is 4.17. The van der Waals surface area contributed by atoms with Gasteiger partial charge in [0, 0.05) is 16.6 Å². The Morgan fingerprint density at radius 3 is 2.40 bits per heavy atom. The summed E-state index contributed by atoms with van der Waals surface area (Å²) in [5.41, 5.74) is 5.66. The maximum Gasteiger partial charge on any atom is 0.225 e. The molecule has 124 valence electrons. The van der Waals surface area contributed by atoms with Crippen LogP contribution >= 0.6 is 22.9 Å². The highest BCUT2D eigenvalue weighted by atomic mass is 35.5. The number of fused-ring (bicyclic) bond motifs is 1. The van der Waals surface area contributed by atoms with Crippen molar-refractivity contribution < 1.29 is 0 Å². The number of rotatable bonds is 3. The molecule has 0 spiro atoms. The van der Waals surface area contributed by atoms with E-state index in [0.717, 1.165) is 32.8 Å². The zero-order chi connectivity index (χ0) is 17.4. The molecule has 0 saturated carbocycles. The van der Waals surface area contributed by atoms with Crippen LogP contribution in [0.15, 0.2) is 53.9 Å². The summed E-state index contributed by atoms with van der Waals surface area (Å²) in [5, 5.41) is 6.80. The van der Waals surface area contributed by atoms with E-state index < -0.39 is 0 Å². The van der Waals surface area contributed by atoms with Gasteiger partial charge in [0.1, 0.15) is 10.6 Å². The van der Waals surface area contributed by atoms with E-state index in [1.165, 1.54) is 11.1 Å². The molecule has 4 aromatic rings. The average molecular weight is 366 g/mol. The van der Waals surface area contributed by atoms with Crippen LogP contribution in [0.2, 0.25) is 5.28 Å². The highest BCUT2D eigenvalue weighted by Crippen LogP contribution is 2.38. The predicted octanol–water partition coefficient (Wildman–Crippen LogP) is 6.37. The van der Waals surface area contributed by atoms with Crippen molar-refractivity contribution in [3.8, 4) is 11.1 Å². The number of thiophene rings is 1. The molecule has 2 aromatic carbocycles. The SMILES string of the molecule is Cc1cc(C)cc(Nc2nc(Cl)nc3scc(-c4ccccc4)c23)c1. The van der Waals surface area contributed by atoms with Crippen LogP contribution in [0, 0.1) is 13.8 Å². The normalized spacial score (nSPS) is 11.0. The molecule has 0 aliphatic heterocycles. The first kappa shape index (κ1) is 16.1. The van der Waals surface area contributed by atoms with Gasteiger partial charge in [-0.2, -0.15) is 4.98 Å². The molecule has 25 heavy (non-hydrogen) atoms. The first-order valence-electron chi connectivity index (χ1n) is 7.95. The third-order valence-electron chi connectivity index (χ3n) is 3.98. The smallest absolute Gasteiger partial charge is 0.225 e. The van der Waals surface area contributed by atoms with Gasteiger partial charge < -0.3 is 5.32 Å². The fourth-order valence-corrected chi connectivity index (χ4v) is 4.19. The molecule has 2 aromatic heterocycles. The summed E-state index contributed by atoms with van der Waals surface area (Å²) in [6, 6.07) is 16.6. The Kier molecular flexibility index (Phi) is 4.15. The van der Waals surface area contributed by atoms with E-state index in [1.807, 2.05) is 18.2 Å². The first-order chi connectivity index (χ1) is 12.1. The van der Waals surface area contributed by atoms with E-state index in [-0.39, 0.29) is 5.28 Å². The molecule has 0 saturated heterocycles. The molecule has 0 aliphatic rings. The molecule has 0 unspecified atom stereocenters. The van der Waals surface area contributed by atoms with Crippen molar-refractivity contribution in [3.63, 3.8) is 0 Å². The highest BCUT2D eigenvalue weighted by Gasteiger charge is 2.15. The Morgan fingerprint density at radius 2 is 1.68 bits per heavy atom. The van der Waals surface area contributed by atoms with Crippen LogP contribution in [0.3, 0.4) is 0 Å². The van der Waals surface area contributed by atoms with E-state index >= 15 is 0 Å². The lowest BCUT2D eigenvalue weighted by atomic mass is 10.1. The molecule has 0 amide bonds. The first-order valence-corrected chi connectivity index (χ1v) is 9.21. The maximum absolute atomic E-state index is 6.15. The molecular formula is C20H16ClN3S. The molecular weight excluding hydrogens is 350 g/mol. The van der Waals surface area contributed by atoms with Crippen molar-refractivity contribution in [1.29, 1.82) is 0 Å². The molecule has 3 nitrogen and oxygen atoms in total. The van der Waals surface area contributed by atoms with Gasteiger partial charge in [-0.3, -0.25) is 0 Å². The lowest BCUT2D eigenvalue weighted by Gasteiger charge is -2.11. The van der Waals surface area contributed by atoms with Crippen LogP contribution in [-0.2, 0) is 0 Å². The lowest BCUT2D eigenvalue weighted by Crippen LogP contribution is -1.97. The van der Waals surface area contributed by atoms with Crippen LogP contribution < -0.4 is 5.32 Å². The monoisotopic (exact) mass is 365 g/mol. The second-order valence-electron chi connectivity index (χ2n) is 6.04. The van der Waals surface area contributed by atoms with Crippen molar-refractivity contribution in [2.75, 3.05) is 5.32 Å². The fraction of sp³-hybridized carbons (Fsp3) is 0.100. The van der Waals surface area contributed by atoms with Crippen molar-refractivity contribution in [3.05, 3.63) is 70.3 Å². The Hall–Kier alpha value is -2.43. The number of anilines is 2. The molecule has 4 rings (SSSR count). The number of aromatic nitrogens is 2. The Bertz CT molecular complexity index is 1040. The number of hydrogen-bond donors (Lipinski definition) is 1. The molecule has 5 heteroatoms. The van der Waals surface area contributed by atoms with E-state index in [9.17, 15) is 0 Å². The van der Waals surface area contributed by atoms with E-state index in [0.29, 0.717) is 0 Å². The van der Waals surface area contributed by atoms with E-state index in [1.54, 1.807) is 11.3 Å². The Labute approximate surface area is 155 Å². The van der Waals surface area contributed by atoms with Gasteiger partial charge in [-0.15, -0.1) is 11.3 Å². The minimum absolute atomic E-state index is 0.251. The zero-order valence-electron chi connectivity index (χ0n) is 13.9. The Morgan fingerprint density at radius 1 is 0.960 bits per heavy atom. The highest BCUT2D eigenvalue weighted by molar-refractivity contribution is 7.17. The van der Waals surface area contributed by atoms with Gasteiger partial charge in [0.15, 0.2) is 0 Å². The standard InChI is InChI=1S/C20H16ClN3S/c1-12-8-13(2)10-15(9-12)22-18-17-16(14-6-4-3-5-7-14)11-25-19(17)24-20(21)23-18/h3-11H,1-2H3,(H,22,23,24). The van der Waals surface area contributed by atoms with E-state index in [4.69, 9.17) is 11.6 Å². The summed E-state index contributed by atoms with van der Waals surface area (Å²) in [4.78, 5) is 9.74. The summed E-state index contributed by atoms with van der Waals surface area (Å²) < 4.78 is 0. The number of halogens is 1. The Balaban J connectivity index is 1.89. The fourth-order valence-electron chi connectivity index (χ4n) is 3.02. The molecule has 0 fully saturated rings. The van der Waals surface area contributed by atoms with Crippen molar-refractivity contribution in [1.82, 2.24) is 9.97 Å². The topological polar surface area (TPSA) is 37.8 Å². The maximum atomic E-state index is 6.15. The number of nitrogens with one attached hydrogen (secondary N) is 1. The van der Waals surface area contributed by atoms with Crippen LogP contribution in [-0.4, -0.2) is 9.97 Å². The van der Waals surface area contributed by atoms with Crippen molar-refractivity contribution in [2.24, 2.45) is 0 Å². The largest absolute Gasteiger partial charge is 0.340 e. The van der Waals surface area contributed by atoms with Crippen LogP contribution in [0.1, 0.15) is 11.1 Å². The average Bonchev–Trinajstić information content (AvgIpc) is 2.98. The van der Waals surface area contributed by atoms with Crippen LogP contribution in [0.5, 0.6) is 0 Å². The minimum Gasteiger partial charge on any atom is -0.340 e. The van der Waals surface area contributed by atoms with Gasteiger partial charge in [-0.05, 0) is 54.3 Å². The van der Waals surface area contributed by atoms with Gasteiger partial charge in [0.25, 0.3) is 0 Å². The molecule has 0 bridgehead atoms. The van der Waals surface area contributed by atoms with Gasteiger partial charge in [0.2, 0.25) is 5.28 Å². The van der Waals surface area contributed by atoms with Crippen molar-refractivity contribution in [2.45, 2.75) is 13.8 Å². The third kappa shape index (κ3) is 3.23. The molecule has 0 radical (unpaired) electrons. The predicted molar refractivity (Wildman–Crippen MR) is 107 cm³/mol. The molecule has 1 N–H and O–H groups in total. The lowest BCUT2D eigenvalue weighted by molar-refractivity contribution is 1.23. The van der Waals surface area contributed by atoms with Crippen LogP contribution in [0.4, 0.5) is 11.5 Å². The zero-order valence-corrected chi connectivity index (χ0v) is 15.4. The number of benzene rings is 2. The molecule has 0 atom stereocenters. The van der Waals surface area contributed by atoms with Crippen molar-refractivity contribution >= 4 is 44.7 Å².